The van der Waals surface area contributed by atoms with Crippen LogP contribution in [0, 0.1) is 0 Å². The third kappa shape index (κ3) is 1.75. The molecule has 0 radical (unpaired) electrons. The second-order valence-electron chi connectivity index (χ2n) is 3.98. The molecule has 0 saturated carbocycles. The van der Waals surface area contributed by atoms with Crippen LogP contribution in [0.3, 0.4) is 0 Å². The minimum atomic E-state index is 0.436. The van der Waals surface area contributed by atoms with E-state index in [1.165, 1.54) is 0 Å². The van der Waals surface area contributed by atoms with Gasteiger partial charge in [-0.3, -0.25) is 0 Å². The SMILES string of the molecule is CCc1ccc(-c2nc3cc(Cl)c(N)cc3o2)o1. The number of nitrogen functional groups attached to an aromatic ring is 1. The van der Waals surface area contributed by atoms with Crippen molar-refractivity contribution >= 4 is 28.4 Å². The van der Waals surface area contributed by atoms with Gasteiger partial charge in [0.1, 0.15) is 11.3 Å². The van der Waals surface area contributed by atoms with Crippen molar-refractivity contribution in [2.75, 3.05) is 5.73 Å². The number of nitrogens with two attached hydrogens (primary N) is 1. The van der Waals surface area contributed by atoms with E-state index in [4.69, 9.17) is 26.2 Å². The Morgan fingerprint density at radius 3 is 2.83 bits per heavy atom. The maximum absolute atomic E-state index is 5.94. The van der Waals surface area contributed by atoms with Crippen molar-refractivity contribution in [2.45, 2.75) is 13.3 Å². The maximum atomic E-state index is 5.94. The Labute approximate surface area is 108 Å². The molecule has 92 valence electrons. The summed E-state index contributed by atoms with van der Waals surface area (Å²) in [6.07, 6.45) is 0.832. The molecule has 0 fully saturated rings. The van der Waals surface area contributed by atoms with Gasteiger partial charge in [0, 0.05) is 12.5 Å². The fourth-order valence-electron chi connectivity index (χ4n) is 1.75. The number of anilines is 1. The number of hydrogen-bond donors (Lipinski definition) is 1. The van der Waals surface area contributed by atoms with Crippen molar-refractivity contribution < 1.29 is 8.83 Å². The van der Waals surface area contributed by atoms with Crippen LogP contribution in [0.15, 0.2) is 33.1 Å². The zero-order valence-electron chi connectivity index (χ0n) is 9.74. The summed E-state index contributed by atoms with van der Waals surface area (Å²) < 4.78 is 11.2. The molecular formula is C13H11ClN2O2. The number of furan rings is 1. The first kappa shape index (κ1) is 11.2. The maximum Gasteiger partial charge on any atom is 0.263 e. The van der Waals surface area contributed by atoms with Gasteiger partial charge in [-0.1, -0.05) is 18.5 Å². The first-order valence-corrected chi connectivity index (χ1v) is 6.00. The van der Waals surface area contributed by atoms with Crippen molar-refractivity contribution in [3.63, 3.8) is 0 Å². The highest BCUT2D eigenvalue weighted by Crippen LogP contribution is 2.30. The number of halogens is 1. The van der Waals surface area contributed by atoms with Gasteiger partial charge in [-0.15, -0.1) is 0 Å². The van der Waals surface area contributed by atoms with Crippen LogP contribution in [0.4, 0.5) is 5.69 Å². The van der Waals surface area contributed by atoms with Crippen molar-refractivity contribution in [3.05, 3.63) is 35.0 Å². The molecule has 0 amide bonds. The van der Waals surface area contributed by atoms with E-state index in [2.05, 4.69) is 4.98 Å². The van der Waals surface area contributed by atoms with E-state index in [9.17, 15) is 0 Å². The average Bonchev–Trinajstić information content (AvgIpc) is 2.95. The lowest BCUT2D eigenvalue weighted by atomic mass is 10.3. The molecule has 0 saturated heterocycles. The minimum Gasteiger partial charge on any atom is -0.456 e. The summed E-state index contributed by atoms with van der Waals surface area (Å²) in [6, 6.07) is 7.10. The number of oxazole rings is 1. The highest BCUT2D eigenvalue weighted by molar-refractivity contribution is 6.33. The second-order valence-corrected chi connectivity index (χ2v) is 4.39. The third-order valence-electron chi connectivity index (χ3n) is 2.73. The molecule has 0 aliphatic heterocycles. The molecule has 4 nitrogen and oxygen atoms in total. The number of fused-ring (bicyclic) bond motifs is 1. The molecule has 0 spiro atoms. The predicted molar refractivity (Wildman–Crippen MR) is 70.5 cm³/mol. The summed E-state index contributed by atoms with van der Waals surface area (Å²) in [4.78, 5) is 4.33. The van der Waals surface area contributed by atoms with Gasteiger partial charge >= 0.3 is 0 Å². The lowest BCUT2D eigenvalue weighted by molar-refractivity contribution is 0.501. The van der Waals surface area contributed by atoms with E-state index >= 15 is 0 Å². The Balaban J connectivity index is 2.13. The molecule has 18 heavy (non-hydrogen) atoms. The first-order chi connectivity index (χ1) is 8.67. The Hall–Kier alpha value is -1.94. The molecule has 0 aliphatic rings. The molecule has 0 bridgehead atoms. The molecule has 3 aromatic rings. The van der Waals surface area contributed by atoms with Crippen LogP contribution in [0.25, 0.3) is 22.8 Å². The molecule has 0 unspecified atom stereocenters. The van der Waals surface area contributed by atoms with Crippen molar-refractivity contribution in [1.82, 2.24) is 4.98 Å². The van der Waals surface area contributed by atoms with Gasteiger partial charge in [-0.25, -0.2) is 4.98 Å². The molecule has 1 aromatic carbocycles. The fraction of sp³-hybridized carbons (Fsp3) is 0.154. The Kier molecular flexibility index (Phi) is 2.52. The van der Waals surface area contributed by atoms with Gasteiger partial charge in [-0.05, 0) is 18.2 Å². The topological polar surface area (TPSA) is 65.2 Å². The highest BCUT2D eigenvalue weighted by Gasteiger charge is 2.13. The van der Waals surface area contributed by atoms with Crippen LogP contribution in [0.5, 0.6) is 0 Å². The third-order valence-corrected chi connectivity index (χ3v) is 3.06. The van der Waals surface area contributed by atoms with Crippen LogP contribution in [-0.2, 0) is 6.42 Å². The van der Waals surface area contributed by atoms with E-state index in [1.54, 1.807) is 12.1 Å². The smallest absolute Gasteiger partial charge is 0.263 e. The number of benzene rings is 1. The summed E-state index contributed by atoms with van der Waals surface area (Å²) >= 11 is 5.94. The van der Waals surface area contributed by atoms with Crippen LogP contribution >= 0.6 is 11.6 Å². The zero-order chi connectivity index (χ0) is 12.7. The normalized spacial score (nSPS) is 11.2. The summed E-state index contributed by atoms with van der Waals surface area (Å²) in [6.45, 7) is 2.02. The molecule has 2 heterocycles. The summed E-state index contributed by atoms with van der Waals surface area (Å²) in [5.74, 6) is 1.94. The number of aryl methyl sites for hydroxylation is 1. The van der Waals surface area contributed by atoms with Crippen molar-refractivity contribution in [2.24, 2.45) is 0 Å². The molecular weight excluding hydrogens is 252 g/mol. The van der Waals surface area contributed by atoms with E-state index in [1.807, 2.05) is 19.1 Å². The van der Waals surface area contributed by atoms with Crippen molar-refractivity contribution in [1.29, 1.82) is 0 Å². The van der Waals surface area contributed by atoms with E-state index < -0.39 is 0 Å². The van der Waals surface area contributed by atoms with Crippen LogP contribution < -0.4 is 5.73 Å². The number of hydrogen-bond acceptors (Lipinski definition) is 4. The molecule has 0 aliphatic carbocycles. The highest BCUT2D eigenvalue weighted by atomic mass is 35.5. The Morgan fingerprint density at radius 1 is 1.28 bits per heavy atom. The second kappa shape index (κ2) is 4.07. The van der Waals surface area contributed by atoms with Gasteiger partial charge in [0.2, 0.25) is 0 Å². The van der Waals surface area contributed by atoms with Gasteiger partial charge < -0.3 is 14.6 Å². The Morgan fingerprint density at radius 2 is 2.11 bits per heavy atom. The summed E-state index contributed by atoms with van der Waals surface area (Å²) in [7, 11) is 0. The van der Waals surface area contributed by atoms with Gasteiger partial charge in [-0.2, -0.15) is 0 Å². The fourth-order valence-corrected chi connectivity index (χ4v) is 1.91. The molecule has 5 heteroatoms. The quantitative estimate of drug-likeness (QED) is 0.712. The predicted octanol–water partition coefficient (Wildman–Crippen LogP) is 3.89. The van der Waals surface area contributed by atoms with Crippen LogP contribution in [-0.4, -0.2) is 4.98 Å². The van der Waals surface area contributed by atoms with Gasteiger partial charge in [0.05, 0.1) is 10.7 Å². The van der Waals surface area contributed by atoms with E-state index in [0.717, 1.165) is 12.2 Å². The minimum absolute atomic E-state index is 0.436. The number of aromatic nitrogens is 1. The van der Waals surface area contributed by atoms with E-state index in [-0.39, 0.29) is 0 Å². The van der Waals surface area contributed by atoms with Crippen LogP contribution in [0.2, 0.25) is 5.02 Å². The standard InChI is InChI=1S/C13H11ClN2O2/c1-2-7-3-4-11(17-7)13-16-10-5-8(14)9(15)6-12(10)18-13/h3-6H,2,15H2,1H3. The monoisotopic (exact) mass is 262 g/mol. The first-order valence-electron chi connectivity index (χ1n) is 5.62. The molecule has 2 N–H and O–H groups in total. The largest absolute Gasteiger partial charge is 0.456 e. The lowest BCUT2D eigenvalue weighted by Gasteiger charge is -1.94. The molecule has 2 aromatic heterocycles. The van der Waals surface area contributed by atoms with Gasteiger partial charge in [0.15, 0.2) is 11.3 Å². The summed E-state index contributed by atoms with van der Waals surface area (Å²) in [5, 5.41) is 0.469. The number of rotatable bonds is 2. The van der Waals surface area contributed by atoms with Crippen LogP contribution in [0.1, 0.15) is 12.7 Å². The number of nitrogens with zero attached hydrogens (tertiary/aromatic N) is 1. The average molecular weight is 263 g/mol. The Bertz CT molecular complexity index is 676. The van der Waals surface area contributed by atoms with Gasteiger partial charge in [0.25, 0.3) is 5.89 Å². The summed E-state index contributed by atoms with van der Waals surface area (Å²) in [5.41, 5.74) is 7.45. The lowest BCUT2D eigenvalue weighted by Crippen LogP contribution is -1.84. The molecule has 3 rings (SSSR count). The van der Waals surface area contributed by atoms with E-state index in [0.29, 0.717) is 33.5 Å². The molecule has 0 atom stereocenters. The van der Waals surface area contributed by atoms with Crippen molar-refractivity contribution in [3.8, 4) is 11.7 Å². The zero-order valence-corrected chi connectivity index (χ0v) is 10.5.